The summed E-state index contributed by atoms with van der Waals surface area (Å²) in [5.41, 5.74) is 9.67. The quantitative estimate of drug-likeness (QED) is 0.775. The van der Waals surface area contributed by atoms with Gasteiger partial charge in [-0.25, -0.2) is 4.98 Å². The molecule has 0 radical (unpaired) electrons. The summed E-state index contributed by atoms with van der Waals surface area (Å²) in [7, 11) is 0. The number of halogens is 1. The van der Waals surface area contributed by atoms with Gasteiger partial charge in [-0.2, -0.15) is 0 Å². The number of nitrogens with zero attached hydrogens (tertiary/aromatic N) is 1. The van der Waals surface area contributed by atoms with Gasteiger partial charge in [-0.3, -0.25) is 0 Å². The fourth-order valence-electron chi connectivity index (χ4n) is 3.08. The lowest BCUT2D eigenvalue weighted by atomic mass is 9.91. The number of hydrogen-bond acceptors (Lipinski definition) is 2. The number of nitrogens with one attached hydrogen (secondary N) is 1. The Morgan fingerprint density at radius 3 is 2.58 bits per heavy atom. The molecule has 1 fully saturated rings. The first-order chi connectivity index (χ1) is 9.08. The zero-order chi connectivity index (χ0) is 13.5. The highest BCUT2D eigenvalue weighted by molar-refractivity contribution is 9.10. The topological polar surface area (TPSA) is 54.7 Å². The molecule has 3 rings (SSSR count). The van der Waals surface area contributed by atoms with Gasteiger partial charge < -0.3 is 10.7 Å². The van der Waals surface area contributed by atoms with Crippen LogP contribution in [0.2, 0.25) is 0 Å². The third kappa shape index (κ3) is 2.43. The Labute approximate surface area is 122 Å². The second-order valence-corrected chi connectivity index (χ2v) is 6.69. The average molecular weight is 322 g/mol. The smallest absolute Gasteiger partial charge is 0.127 e. The van der Waals surface area contributed by atoms with E-state index >= 15 is 0 Å². The maximum absolute atomic E-state index is 6.63. The number of aromatic nitrogens is 2. The molecule has 1 aromatic carbocycles. The molecule has 0 saturated heterocycles. The predicted octanol–water partition coefficient (Wildman–Crippen LogP) is 4.14. The minimum absolute atomic E-state index is 0.269. The van der Waals surface area contributed by atoms with Crippen molar-refractivity contribution in [2.24, 2.45) is 5.73 Å². The van der Waals surface area contributed by atoms with Crippen LogP contribution >= 0.6 is 15.9 Å². The van der Waals surface area contributed by atoms with Gasteiger partial charge in [-0.1, -0.05) is 41.6 Å². The molecule has 1 aliphatic carbocycles. The van der Waals surface area contributed by atoms with E-state index in [0.29, 0.717) is 0 Å². The Kier molecular flexibility index (Phi) is 3.39. The van der Waals surface area contributed by atoms with Crippen LogP contribution in [0.1, 0.15) is 49.9 Å². The van der Waals surface area contributed by atoms with Gasteiger partial charge in [-0.15, -0.1) is 0 Å². The van der Waals surface area contributed by atoms with Crippen molar-refractivity contribution in [3.63, 3.8) is 0 Å². The predicted molar refractivity (Wildman–Crippen MR) is 82.1 cm³/mol. The van der Waals surface area contributed by atoms with Crippen LogP contribution in [0.3, 0.4) is 0 Å². The highest BCUT2D eigenvalue weighted by atomic mass is 79.9. The van der Waals surface area contributed by atoms with E-state index in [1.54, 1.807) is 0 Å². The van der Waals surface area contributed by atoms with Crippen LogP contribution in [0, 0.1) is 6.92 Å². The number of H-pyrrole nitrogens is 1. The van der Waals surface area contributed by atoms with E-state index in [9.17, 15) is 0 Å². The number of rotatable bonds is 1. The van der Waals surface area contributed by atoms with E-state index in [4.69, 9.17) is 10.7 Å². The van der Waals surface area contributed by atoms with Crippen molar-refractivity contribution >= 4 is 27.0 Å². The van der Waals surface area contributed by atoms with E-state index in [1.165, 1.54) is 31.2 Å². The lowest BCUT2D eigenvalue weighted by molar-refractivity contribution is 0.366. The molecule has 3 N–H and O–H groups in total. The van der Waals surface area contributed by atoms with Crippen molar-refractivity contribution in [2.45, 2.75) is 51.0 Å². The molecule has 3 nitrogen and oxygen atoms in total. The van der Waals surface area contributed by atoms with E-state index in [1.807, 2.05) is 0 Å². The molecule has 2 aromatic rings. The van der Waals surface area contributed by atoms with Crippen LogP contribution in [0.25, 0.3) is 11.0 Å². The van der Waals surface area contributed by atoms with Gasteiger partial charge >= 0.3 is 0 Å². The van der Waals surface area contributed by atoms with Crippen LogP contribution in [-0.2, 0) is 5.54 Å². The first-order valence-electron chi connectivity index (χ1n) is 7.04. The van der Waals surface area contributed by atoms with Crippen molar-refractivity contribution in [1.29, 1.82) is 0 Å². The summed E-state index contributed by atoms with van der Waals surface area (Å²) in [6, 6.07) is 4.18. The number of hydrogen-bond donors (Lipinski definition) is 2. The average Bonchev–Trinajstić information content (AvgIpc) is 2.66. The number of aromatic amines is 1. The lowest BCUT2D eigenvalue weighted by Gasteiger charge is -2.25. The lowest BCUT2D eigenvalue weighted by Crippen LogP contribution is -2.37. The molecule has 0 bridgehead atoms. The summed E-state index contributed by atoms with van der Waals surface area (Å²) >= 11 is 3.54. The Bertz CT molecular complexity index is 595. The first kappa shape index (κ1) is 13.1. The molecule has 1 aliphatic rings. The maximum Gasteiger partial charge on any atom is 0.127 e. The van der Waals surface area contributed by atoms with Crippen LogP contribution in [0.15, 0.2) is 16.6 Å². The summed E-state index contributed by atoms with van der Waals surface area (Å²) in [5, 5.41) is 0. The van der Waals surface area contributed by atoms with Gasteiger partial charge in [0.25, 0.3) is 0 Å². The zero-order valence-corrected chi connectivity index (χ0v) is 12.9. The number of fused-ring (bicyclic) bond motifs is 1. The molecule has 19 heavy (non-hydrogen) atoms. The fraction of sp³-hybridized carbons (Fsp3) is 0.533. The minimum Gasteiger partial charge on any atom is -0.340 e. The standard InChI is InChI=1S/C15H20BrN3/c1-10-8-11(16)9-12-13(10)19-14(18-12)15(17)6-4-2-3-5-7-15/h8-9H,2-7,17H2,1H3,(H,18,19). The van der Waals surface area contributed by atoms with Gasteiger partial charge in [-0.05, 0) is 37.5 Å². The number of aryl methyl sites for hydroxylation is 1. The van der Waals surface area contributed by atoms with Crippen LogP contribution in [0.4, 0.5) is 0 Å². The monoisotopic (exact) mass is 321 g/mol. The molecule has 0 aliphatic heterocycles. The number of imidazole rings is 1. The van der Waals surface area contributed by atoms with Crippen LogP contribution in [-0.4, -0.2) is 9.97 Å². The first-order valence-corrected chi connectivity index (χ1v) is 7.83. The minimum atomic E-state index is -0.269. The largest absolute Gasteiger partial charge is 0.340 e. The summed E-state index contributed by atoms with van der Waals surface area (Å²) in [5.74, 6) is 0.964. The Morgan fingerprint density at radius 2 is 1.89 bits per heavy atom. The van der Waals surface area contributed by atoms with Gasteiger partial charge in [0.2, 0.25) is 0 Å². The van der Waals surface area contributed by atoms with Gasteiger partial charge in [0.15, 0.2) is 0 Å². The van der Waals surface area contributed by atoms with E-state index in [-0.39, 0.29) is 5.54 Å². The Morgan fingerprint density at radius 1 is 1.21 bits per heavy atom. The van der Waals surface area contributed by atoms with Crippen LogP contribution in [0.5, 0.6) is 0 Å². The molecule has 0 spiro atoms. The third-order valence-corrected chi connectivity index (χ3v) is 4.67. The molecule has 0 unspecified atom stereocenters. The van der Waals surface area contributed by atoms with Crippen molar-refractivity contribution in [1.82, 2.24) is 9.97 Å². The van der Waals surface area contributed by atoms with Crippen molar-refractivity contribution in [2.75, 3.05) is 0 Å². The molecule has 1 saturated carbocycles. The van der Waals surface area contributed by atoms with Crippen molar-refractivity contribution in [3.05, 3.63) is 28.0 Å². The fourth-order valence-corrected chi connectivity index (χ4v) is 3.65. The van der Waals surface area contributed by atoms with Gasteiger partial charge in [0.1, 0.15) is 5.82 Å². The SMILES string of the molecule is Cc1cc(Br)cc2[nH]c(C3(N)CCCCCC3)nc12. The molecule has 1 heterocycles. The summed E-state index contributed by atoms with van der Waals surface area (Å²) < 4.78 is 1.08. The summed E-state index contributed by atoms with van der Waals surface area (Å²) in [6.45, 7) is 2.09. The maximum atomic E-state index is 6.63. The van der Waals surface area contributed by atoms with E-state index < -0.39 is 0 Å². The van der Waals surface area contributed by atoms with Crippen molar-refractivity contribution in [3.8, 4) is 0 Å². The molecule has 4 heteroatoms. The summed E-state index contributed by atoms with van der Waals surface area (Å²) in [4.78, 5) is 8.24. The Hall–Kier alpha value is -0.870. The molecule has 1 aromatic heterocycles. The van der Waals surface area contributed by atoms with Gasteiger partial charge in [0, 0.05) is 4.47 Å². The normalized spacial score (nSPS) is 19.5. The second kappa shape index (κ2) is 4.91. The van der Waals surface area contributed by atoms with Crippen molar-refractivity contribution < 1.29 is 0 Å². The van der Waals surface area contributed by atoms with E-state index in [2.05, 4.69) is 40.0 Å². The molecular weight excluding hydrogens is 302 g/mol. The zero-order valence-electron chi connectivity index (χ0n) is 11.3. The van der Waals surface area contributed by atoms with Crippen LogP contribution < -0.4 is 5.73 Å². The Balaban J connectivity index is 2.07. The summed E-state index contributed by atoms with van der Waals surface area (Å²) in [6.07, 6.45) is 7.07. The second-order valence-electron chi connectivity index (χ2n) is 5.77. The van der Waals surface area contributed by atoms with E-state index in [0.717, 1.165) is 34.2 Å². The molecule has 0 atom stereocenters. The number of nitrogens with two attached hydrogens (primary N) is 1. The highest BCUT2D eigenvalue weighted by Gasteiger charge is 2.31. The van der Waals surface area contributed by atoms with Gasteiger partial charge in [0.05, 0.1) is 16.6 Å². The highest BCUT2D eigenvalue weighted by Crippen LogP contribution is 2.34. The third-order valence-electron chi connectivity index (χ3n) is 4.21. The molecular formula is C15H20BrN3. The molecule has 102 valence electrons. The number of benzene rings is 1. The molecule has 0 amide bonds.